The van der Waals surface area contributed by atoms with Crippen molar-refractivity contribution in [2.75, 3.05) is 11.7 Å². The Balaban J connectivity index is 1.40. The number of benzene rings is 3. The maximum absolute atomic E-state index is 13.9. The third kappa shape index (κ3) is 2.50. The summed E-state index contributed by atoms with van der Waals surface area (Å²) in [6.07, 6.45) is -1.12. The molecule has 1 spiro atoms. The van der Waals surface area contributed by atoms with Gasteiger partial charge in [0.25, 0.3) is 0 Å². The zero-order chi connectivity index (χ0) is 24.8. The van der Waals surface area contributed by atoms with Crippen molar-refractivity contribution >= 4 is 29.1 Å². The van der Waals surface area contributed by atoms with Crippen molar-refractivity contribution in [3.8, 4) is 11.5 Å². The average molecular weight is 485 g/mol. The standard InChI is InChI=1S/C27H16FNO7/c28-14-7-5-13(6-8-14)22-20-21(27(36-22)23(30)16-3-1-2-4-17(16)24(27)31)26(33)29(25(20)32)15-9-10-18-19(11-15)35-12-34-18/h1-11,20-22H,12H2/t20-,21+,22+/m0/s1. The minimum Gasteiger partial charge on any atom is -0.454 e. The fourth-order valence-electron chi connectivity index (χ4n) is 5.75. The van der Waals surface area contributed by atoms with Crippen molar-refractivity contribution in [3.63, 3.8) is 0 Å². The highest BCUT2D eigenvalue weighted by molar-refractivity contribution is 6.37. The highest BCUT2D eigenvalue weighted by atomic mass is 19.1. The molecule has 2 fully saturated rings. The number of carbonyl (C=O) groups is 4. The van der Waals surface area contributed by atoms with Gasteiger partial charge in [0.1, 0.15) is 5.82 Å². The molecule has 0 radical (unpaired) electrons. The number of Topliss-reactive ketones (excluding diaryl/α,β-unsaturated/α-hetero) is 2. The maximum atomic E-state index is 13.9. The van der Waals surface area contributed by atoms with Crippen molar-refractivity contribution < 1.29 is 37.8 Å². The molecule has 8 nitrogen and oxygen atoms in total. The number of halogens is 1. The van der Waals surface area contributed by atoms with Crippen LogP contribution < -0.4 is 14.4 Å². The zero-order valence-electron chi connectivity index (χ0n) is 18.5. The number of anilines is 1. The van der Waals surface area contributed by atoms with Crippen LogP contribution in [0.1, 0.15) is 32.4 Å². The van der Waals surface area contributed by atoms with Crippen LogP contribution in [0.15, 0.2) is 66.7 Å². The summed E-state index contributed by atoms with van der Waals surface area (Å²) in [7, 11) is 0. The fraction of sp³-hybridized carbons (Fsp3) is 0.185. The average Bonchev–Trinajstić information content (AvgIpc) is 3.61. The van der Waals surface area contributed by atoms with E-state index in [4.69, 9.17) is 14.2 Å². The number of ether oxygens (including phenoxy) is 3. The normalized spacial score (nSPS) is 25.1. The molecule has 3 aromatic carbocycles. The molecule has 3 aliphatic heterocycles. The third-order valence-electron chi connectivity index (χ3n) is 7.33. The lowest BCUT2D eigenvalue weighted by Crippen LogP contribution is -2.51. The number of hydrogen-bond acceptors (Lipinski definition) is 7. The van der Waals surface area contributed by atoms with Crippen molar-refractivity contribution in [1.29, 1.82) is 0 Å². The Bertz CT molecular complexity index is 1480. The van der Waals surface area contributed by atoms with E-state index in [1.165, 1.54) is 48.5 Å². The number of amides is 2. The van der Waals surface area contributed by atoms with Crippen molar-refractivity contribution in [2.24, 2.45) is 11.8 Å². The number of hydrogen-bond donors (Lipinski definition) is 0. The van der Waals surface area contributed by atoms with Gasteiger partial charge in [-0.15, -0.1) is 0 Å². The van der Waals surface area contributed by atoms with Crippen molar-refractivity contribution in [2.45, 2.75) is 11.7 Å². The van der Waals surface area contributed by atoms with Crippen molar-refractivity contribution in [3.05, 3.63) is 89.2 Å². The first-order valence-electron chi connectivity index (χ1n) is 11.3. The lowest BCUT2D eigenvalue weighted by atomic mass is 9.77. The summed E-state index contributed by atoms with van der Waals surface area (Å²) in [4.78, 5) is 56.2. The van der Waals surface area contributed by atoms with E-state index in [0.717, 1.165) is 4.90 Å². The first-order chi connectivity index (χ1) is 17.4. The van der Waals surface area contributed by atoms with E-state index in [-0.39, 0.29) is 23.6 Å². The van der Waals surface area contributed by atoms with Gasteiger partial charge in [-0.2, -0.15) is 0 Å². The topological polar surface area (TPSA) is 99.2 Å². The van der Waals surface area contributed by atoms with Gasteiger partial charge in [0, 0.05) is 17.2 Å². The second-order valence-corrected chi connectivity index (χ2v) is 9.08. The molecule has 178 valence electrons. The van der Waals surface area contributed by atoms with Crippen LogP contribution in [0.4, 0.5) is 10.1 Å². The Morgan fingerprint density at radius 3 is 2.17 bits per heavy atom. The molecule has 36 heavy (non-hydrogen) atoms. The molecule has 2 amide bonds. The van der Waals surface area contributed by atoms with Gasteiger partial charge in [0.15, 0.2) is 11.5 Å². The highest BCUT2D eigenvalue weighted by Crippen LogP contribution is 2.58. The summed E-state index contributed by atoms with van der Waals surface area (Å²) in [5.41, 5.74) is -1.29. The Morgan fingerprint density at radius 2 is 1.47 bits per heavy atom. The molecular formula is C27H16FNO7. The van der Waals surface area contributed by atoms with Gasteiger partial charge in [-0.3, -0.25) is 19.2 Å². The monoisotopic (exact) mass is 485 g/mol. The van der Waals surface area contributed by atoms with Crippen LogP contribution in [0.3, 0.4) is 0 Å². The zero-order valence-corrected chi connectivity index (χ0v) is 18.5. The molecule has 0 bridgehead atoms. The Hall–Kier alpha value is -4.37. The van der Waals surface area contributed by atoms with Crippen LogP contribution in [0.25, 0.3) is 0 Å². The molecule has 4 aliphatic rings. The second-order valence-electron chi connectivity index (χ2n) is 9.08. The van der Waals surface area contributed by atoms with Gasteiger partial charge >= 0.3 is 0 Å². The Labute approximate surface area is 203 Å². The molecule has 1 aliphatic carbocycles. The molecule has 7 rings (SSSR count). The van der Waals surface area contributed by atoms with E-state index in [9.17, 15) is 23.6 Å². The van der Waals surface area contributed by atoms with Crippen LogP contribution in [0.5, 0.6) is 11.5 Å². The molecule has 3 atom stereocenters. The molecule has 0 saturated carbocycles. The molecule has 9 heteroatoms. The fourth-order valence-corrected chi connectivity index (χ4v) is 5.75. The summed E-state index contributed by atoms with van der Waals surface area (Å²) in [6, 6.07) is 16.1. The quantitative estimate of drug-likeness (QED) is 0.406. The summed E-state index contributed by atoms with van der Waals surface area (Å²) in [5, 5.41) is 0. The van der Waals surface area contributed by atoms with Crippen LogP contribution in [0, 0.1) is 17.7 Å². The lowest BCUT2D eigenvalue weighted by molar-refractivity contribution is -0.127. The largest absolute Gasteiger partial charge is 0.454 e. The van der Waals surface area contributed by atoms with Gasteiger partial charge in [0.2, 0.25) is 35.8 Å². The Kier molecular flexibility index (Phi) is 4.12. The molecule has 0 unspecified atom stereocenters. The van der Waals surface area contributed by atoms with Gasteiger partial charge in [-0.25, -0.2) is 9.29 Å². The van der Waals surface area contributed by atoms with E-state index in [1.807, 2.05) is 0 Å². The first kappa shape index (κ1) is 21.0. The third-order valence-corrected chi connectivity index (χ3v) is 7.33. The first-order valence-corrected chi connectivity index (χ1v) is 11.3. The molecule has 0 aromatic heterocycles. The number of rotatable bonds is 2. The molecule has 2 saturated heterocycles. The van der Waals surface area contributed by atoms with E-state index in [0.29, 0.717) is 17.1 Å². The molecule has 3 heterocycles. The van der Waals surface area contributed by atoms with E-state index >= 15 is 0 Å². The minimum absolute atomic E-state index is 0.0107. The van der Waals surface area contributed by atoms with Crippen molar-refractivity contribution in [1.82, 2.24) is 0 Å². The van der Waals surface area contributed by atoms with Crippen LogP contribution in [0.2, 0.25) is 0 Å². The maximum Gasteiger partial charge on any atom is 0.241 e. The number of carbonyl (C=O) groups excluding carboxylic acids is 4. The van der Waals surface area contributed by atoms with E-state index < -0.39 is 52.7 Å². The summed E-state index contributed by atoms with van der Waals surface area (Å²) >= 11 is 0. The molecule has 0 N–H and O–H groups in total. The number of fused-ring (bicyclic) bond motifs is 4. The lowest BCUT2D eigenvalue weighted by Gasteiger charge is -2.27. The summed E-state index contributed by atoms with van der Waals surface area (Å²) in [5.74, 6) is -4.87. The Morgan fingerprint density at radius 1 is 0.806 bits per heavy atom. The van der Waals surface area contributed by atoms with Gasteiger partial charge in [-0.1, -0.05) is 36.4 Å². The van der Waals surface area contributed by atoms with Crippen LogP contribution in [-0.4, -0.2) is 35.8 Å². The van der Waals surface area contributed by atoms with E-state index in [2.05, 4.69) is 0 Å². The number of nitrogens with zero attached hydrogens (tertiary/aromatic N) is 1. The van der Waals surface area contributed by atoms with Gasteiger partial charge in [-0.05, 0) is 29.8 Å². The molecular weight excluding hydrogens is 469 g/mol. The minimum atomic E-state index is -2.19. The van der Waals surface area contributed by atoms with Gasteiger partial charge in [0.05, 0.1) is 23.6 Å². The number of ketones is 2. The molecule has 3 aromatic rings. The number of imide groups is 1. The summed E-state index contributed by atoms with van der Waals surface area (Å²) in [6.45, 7) is 0.0107. The highest BCUT2D eigenvalue weighted by Gasteiger charge is 2.74. The predicted molar refractivity (Wildman–Crippen MR) is 120 cm³/mol. The SMILES string of the molecule is O=C1[C@@H]2[C@@H](c3ccc(F)cc3)OC3(C(=O)c4ccccc4C3=O)[C@H]2C(=O)N1c1ccc2c(c1)OCO2. The van der Waals surface area contributed by atoms with Crippen LogP contribution in [-0.2, 0) is 14.3 Å². The second kappa shape index (κ2) is 7.08. The smallest absolute Gasteiger partial charge is 0.241 e. The predicted octanol–water partition coefficient (Wildman–Crippen LogP) is 3.25. The van der Waals surface area contributed by atoms with Crippen LogP contribution >= 0.6 is 0 Å². The van der Waals surface area contributed by atoms with E-state index in [1.54, 1.807) is 18.2 Å². The summed E-state index contributed by atoms with van der Waals surface area (Å²) < 4.78 is 30.6. The van der Waals surface area contributed by atoms with Gasteiger partial charge < -0.3 is 14.2 Å².